The van der Waals surface area contributed by atoms with Crippen LogP contribution in [0.15, 0.2) is 12.3 Å². The summed E-state index contributed by atoms with van der Waals surface area (Å²) >= 11 is 5.91. The minimum Gasteiger partial charge on any atom is -0.350 e. The molecule has 1 aliphatic carbocycles. The molecule has 1 unspecified atom stereocenters. The summed E-state index contributed by atoms with van der Waals surface area (Å²) in [6.45, 7) is 1.21. The Morgan fingerprint density at radius 1 is 1.62 bits per heavy atom. The molecule has 3 rings (SSSR count). The summed E-state index contributed by atoms with van der Waals surface area (Å²) in [5, 5.41) is 3.13. The van der Waals surface area contributed by atoms with E-state index in [2.05, 4.69) is 22.2 Å². The van der Waals surface area contributed by atoms with Crippen LogP contribution in [0.2, 0.25) is 5.02 Å². The fourth-order valence-electron chi connectivity index (χ4n) is 3.15. The first-order valence-electron chi connectivity index (χ1n) is 7.29. The molecule has 2 heterocycles. The third-order valence-corrected chi connectivity index (χ3v) is 5.09. The van der Waals surface area contributed by atoms with Crippen molar-refractivity contribution < 1.29 is 9.18 Å². The molecule has 0 bridgehead atoms. The molecule has 1 amide bonds. The topological polar surface area (TPSA) is 45.2 Å². The number of nitrogens with one attached hydrogen (secondary N) is 1. The molecule has 1 N–H and O–H groups in total. The van der Waals surface area contributed by atoms with Crippen LogP contribution in [0.5, 0.6) is 0 Å². The van der Waals surface area contributed by atoms with Crippen molar-refractivity contribution in [2.75, 3.05) is 13.6 Å². The van der Waals surface area contributed by atoms with Crippen molar-refractivity contribution in [2.45, 2.75) is 37.8 Å². The second-order valence-corrected chi connectivity index (χ2v) is 6.54. The van der Waals surface area contributed by atoms with E-state index in [0.29, 0.717) is 5.69 Å². The lowest BCUT2D eigenvalue weighted by Gasteiger charge is -2.37. The van der Waals surface area contributed by atoms with Gasteiger partial charge in [-0.2, -0.15) is 0 Å². The molecule has 114 valence electrons. The Hall–Kier alpha value is -1.20. The third-order valence-electron chi connectivity index (χ3n) is 4.76. The normalized spacial score (nSPS) is 24.0. The number of amides is 1. The van der Waals surface area contributed by atoms with Crippen molar-refractivity contribution in [3.8, 4) is 0 Å². The van der Waals surface area contributed by atoms with Crippen LogP contribution in [0.1, 0.15) is 31.4 Å². The predicted molar refractivity (Wildman–Crippen MR) is 78.4 cm³/mol. The van der Waals surface area contributed by atoms with Gasteiger partial charge in [-0.3, -0.25) is 9.78 Å². The summed E-state index contributed by atoms with van der Waals surface area (Å²) < 4.78 is 12.9. The molecular weight excluding hydrogens is 293 g/mol. The molecule has 0 aromatic carbocycles. The number of nitrogens with zero attached hydrogens (tertiary/aromatic N) is 2. The van der Waals surface area contributed by atoms with E-state index in [1.165, 1.54) is 18.9 Å². The van der Waals surface area contributed by atoms with E-state index >= 15 is 0 Å². The smallest absolute Gasteiger partial charge is 0.223 e. The van der Waals surface area contributed by atoms with Crippen LogP contribution in [-0.4, -0.2) is 34.9 Å². The predicted octanol–water partition coefficient (Wildman–Crippen LogP) is 2.36. The van der Waals surface area contributed by atoms with Gasteiger partial charge < -0.3 is 10.2 Å². The van der Waals surface area contributed by atoms with E-state index in [4.69, 9.17) is 11.6 Å². The lowest BCUT2D eigenvalue weighted by atomic mass is 9.88. The Labute approximate surface area is 128 Å². The van der Waals surface area contributed by atoms with Crippen molar-refractivity contribution in [1.29, 1.82) is 0 Å². The molecule has 1 spiro atoms. The van der Waals surface area contributed by atoms with Crippen LogP contribution < -0.4 is 5.32 Å². The molecular formula is C15H19ClFN3O. The number of piperidine rings is 1. The van der Waals surface area contributed by atoms with Gasteiger partial charge in [0.25, 0.3) is 0 Å². The molecule has 1 atom stereocenters. The molecule has 4 nitrogen and oxygen atoms in total. The zero-order valence-corrected chi connectivity index (χ0v) is 12.8. The third kappa shape index (κ3) is 3.04. The first-order valence-corrected chi connectivity index (χ1v) is 7.67. The van der Waals surface area contributed by atoms with Crippen molar-refractivity contribution in [1.82, 2.24) is 15.2 Å². The maximum Gasteiger partial charge on any atom is 0.223 e. The van der Waals surface area contributed by atoms with Crippen LogP contribution in [0.25, 0.3) is 0 Å². The highest BCUT2D eigenvalue weighted by Gasteiger charge is 2.50. The van der Waals surface area contributed by atoms with E-state index < -0.39 is 5.82 Å². The molecule has 1 saturated heterocycles. The number of hydrogen-bond donors (Lipinski definition) is 1. The number of halogens is 2. The van der Waals surface area contributed by atoms with Crippen molar-refractivity contribution in [2.24, 2.45) is 5.92 Å². The van der Waals surface area contributed by atoms with Crippen LogP contribution in [-0.2, 0) is 11.3 Å². The number of rotatable bonds is 3. The molecule has 1 saturated carbocycles. The molecule has 6 heteroatoms. The van der Waals surface area contributed by atoms with Gasteiger partial charge in [0.1, 0.15) is 5.82 Å². The van der Waals surface area contributed by atoms with Gasteiger partial charge >= 0.3 is 0 Å². The Morgan fingerprint density at radius 2 is 2.38 bits per heavy atom. The zero-order chi connectivity index (χ0) is 15.0. The zero-order valence-electron chi connectivity index (χ0n) is 12.0. The van der Waals surface area contributed by atoms with E-state index in [1.54, 1.807) is 0 Å². The van der Waals surface area contributed by atoms with Gasteiger partial charge in [-0.15, -0.1) is 0 Å². The average molecular weight is 312 g/mol. The van der Waals surface area contributed by atoms with E-state index in [1.807, 2.05) is 0 Å². The number of carbonyl (C=O) groups is 1. The van der Waals surface area contributed by atoms with Gasteiger partial charge in [0.05, 0.1) is 23.5 Å². The molecule has 1 aromatic rings. The Bertz CT molecular complexity index is 562. The molecule has 1 aliphatic heterocycles. The molecule has 21 heavy (non-hydrogen) atoms. The quantitative estimate of drug-likeness (QED) is 0.932. The molecule has 1 aromatic heterocycles. The lowest BCUT2D eigenvalue weighted by Crippen LogP contribution is -2.46. The van der Waals surface area contributed by atoms with Gasteiger partial charge in [-0.05, 0) is 45.3 Å². The largest absolute Gasteiger partial charge is 0.350 e. The Morgan fingerprint density at radius 3 is 3.05 bits per heavy atom. The van der Waals surface area contributed by atoms with Crippen molar-refractivity contribution in [3.05, 3.63) is 28.8 Å². The molecule has 2 aliphatic rings. The van der Waals surface area contributed by atoms with Gasteiger partial charge in [0.2, 0.25) is 5.91 Å². The first kappa shape index (κ1) is 14.7. The summed E-state index contributed by atoms with van der Waals surface area (Å²) in [5.41, 5.74) is 0.770. The minimum atomic E-state index is -0.471. The fraction of sp³-hybridized carbons (Fsp3) is 0.600. The number of carbonyl (C=O) groups excluding carboxylic acids is 1. The van der Waals surface area contributed by atoms with Crippen LogP contribution in [0, 0.1) is 11.7 Å². The Balaban J connectivity index is 1.57. The Kier molecular flexibility index (Phi) is 3.88. The lowest BCUT2D eigenvalue weighted by molar-refractivity contribution is -0.127. The number of hydrogen-bond acceptors (Lipinski definition) is 3. The SMILES string of the molecule is CN1CCC(C(=O)NCc2ncc(F)cc2Cl)CC12CC2. The van der Waals surface area contributed by atoms with Gasteiger partial charge in [-0.1, -0.05) is 11.6 Å². The maximum absolute atomic E-state index is 12.9. The second-order valence-electron chi connectivity index (χ2n) is 6.14. The van der Waals surface area contributed by atoms with Crippen molar-refractivity contribution in [3.63, 3.8) is 0 Å². The highest BCUT2D eigenvalue weighted by molar-refractivity contribution is 6.31. The summed E-state index contributed by atoms with van der Waals surface area (Å²) in [4.78, 5) is 18.6. The maximum atomic E-state index is 12.9. The summed E-state index contributed by atoms with van der Waals surface area (Å²) in [6, 6.07) is 1.21. The highest BCUT2D eigenvalue weighted by Crippen LogP contribution is 2.49. The average Bonchev–Trinajstić information content (AvgIpc) is 3.21. The minimum absolute atomic E-state index is 0.0524. The van der Waals surface area contributed by atoms with Crippen molar-refractivity contribution >= 4 is 17.5 Å². The van der Waals surface area contributed by atoms with Gasteiger partial charge in [-0.25, -0.2) is 4.39 Å². The van der Waals surface area contributed by atoms with Gasteiger partial charge in [0, 0.05) is 11.5 Å². The first-order chi connectivity index (χ1) is 10.00. The van der Waals surface area contributed by atoms with E-state index in [9.17, 15) is 9.18 Å². The monoisotopic (exact) mass is 311 g/mol. The summed E-state index contributed by atoms with van der Waals surface area (Å²) in [5.74, 6) is -0.361. The fourth-order valence-corrected chi connectivity index (χ4v) is 3.37. The van der Waals surface area contributed by atoms with Gasteiger partial charge in [0.15, 0.2) is 0 Å². The van der Waals surface area contributed by atoms with E-state index in [0.717, 1.165) is 25.6 Å². The standard InChI is InChI=1S/C15H19ClFN3O/c1-20-5-2-10(7-15(20)3-4-15)14(21)19-9-13-12(16)6-11(17)8-18-13/h6,8,10H,2-5,7,9H2,1H3,(H,19,21). The number of aromatic nitrogens is 1. The summed E-state index contributed by atoms with van der Waals surface area (Å²) in [7, 11) is 2.14. The van der Waals surface area contributed by atoms with Crippen LogP contribution >= 0.6 is 11.6 Å². The van der Waals surface area contributed by atoms with Crippen LogP contribution in [0.4, 0.5) is 4.39 Å². The van der Waals surface area contributed by atoms with E-state index in [-0.39, 0.29) is 28.9 Å². The number of likely N-dealkylation sites (tertiary alicyclic amines) is 1. The second kappa shape index (κ2) is 5.54. The summed E-state index contributed by atoms with van der Waals surface area (Å²) in [6.07, 6.45) is 5.31. The molecule has 0 radical (unpaired) electrons. The molecule has 2 fully saturated rings. The highest BCUT2D eigenvalue weighted by atomic mass is 35.5. The van der Waals surface area contributed by atoms with Crippen LogP contribution in [0.3, 0.4) is 0 Å². The number of pyridine rings is 1.